The Morgan fingerprint density at radius 2 is 2.62 bits per heavy atom. The molecule has 0 bridgehead atoms. The van der Waals surface area contributed by atoms with Crippen LogP contribution in [0.3, 0.4) is 0 Å². The molecule has 44 valence electrons. The van der Waals surface area contributed by atoms with E-state index in [0.717, 1.165) is 5.06 Å². The fourth-order valence-corrected chi connectivity index (χ4v) is 0.442. The number of hydrogen-bond acceptors (Lipinski definition) is 2. The predicted molar refractivity (Wildman–Crippen MR) is 26.5 cm³/mol. The predicted octanol–water partition coefficient (Wildman–Crippen LogP) is -0.174. The summed E-state index contributed by atoms with van der Waals surface area (Å²) < 4.78 is 0. The fraction of sp³-hybridized carbons (Fsp3) is 0.250. The average molecular weight is 114 g/mol. The van der Waals surface area contributed by atoms with Gasteiger partial charge >= 0.3 is 6.03 Å². The number of hydrogen-bond donors (Lipinski definition) is 1. The van der Waals surface area contributed by atoms with Gasteiger partial charge in [0.1, 0.15) is 0 Å². The highest BCUT2D eigenvalue weighted by Gasteiger charge is 2.08. The lowest BCUT2D eigenvalue weighted by Crippen LogP contribution is -2.28. The summed E-state index contributed by atoms with van der Waals surface area (Å²) in [5, 5.41) is 0.986. The van der Waals surface area contributed by atoms with Gasteiger partial charge in [0.2, 0.25) is 0 Å². The van der Waals surface area contributed by atoms with Crippen LogP contribution in [-0.2, 0) is 4.84 Å². The van der Waals surface area contributed by atoms with Gasteiger partial charge < -0.3 is 5.73 Å². The molecule has 0 atom stereocenters. The SMILES string of the molecule is NC(=O)N1C=CCO1. The normalized spacial score (nSPS) is 17.2. The molecule has 1 aliphatic rings. The molecule has 1 heterocycles. The van der Waals surface area contributed by atoms with Gasteiger partial charge in [-0.2, -0.15) is 5.06 Å². The van der Waals surface area contributed by atoms with Gasteiger partial charge in [-0.15, -0.1) is 0 Å². The van der Waals surface area contributed by atoms with Crippen LogP contribution in [0, 0.1) is 0 Å². The minimum Gasteiger partial charge on any atom is -0.349 e. The molecule has 4 nitrogen and oxygen atoms in total. The number of rotatable bonds is 0. The summed E-state index contributed by atoms with van der Waals surface area (Å²) in [6.07, 6.45) is 3.19. The van der Waals surface area contributed by atoms with Gasteiger partial charge in [0.05, 0.1) is 6.61 Å². The maximum absolute atomic E-state index is 10.2. The van der Waals surface area contributed by atoms with Crippen LogP contribution < -0.4 is 5.73 Å². The summed E-state index contributed by atoms with van der Waals surface area (Å²) in [6.45, 7) is 0.433. The van der Waals surface area contributed by atoms with Crippen molar-refractivity contribution in [2.45, 2.75) is 0 Å². The molecule has 0 aromatic heterocycles. The number of carbonyl (C=O) groups excluding carboxylic acids is 1. The van der Waals surface area contributed by atoms with Crippen LogP contribution in [0.5, 0.6) is 0 Å². The number of urea groups is 1. The van der Waals surface area contributed by atoms with Gasteiger partial charge in [0.15, 0.2) is 0 Å². The molecule has 0 saturated carbocycles. The maximum atomic E-state index is 10.2. The number of primary amides is 1. The van der Waals surface area contributed by atoms with Crippen molar-refractivity contribution in [3.05, 3.63) is 12.3 Å². The Bertz CT molecular complexity index is 132. The van der Waals surface area contributed by atoms with Crippen molar-refractivity contribution in [3.63, 3.8) is 0 Å². The van der Waals surface area contributed by atoms with E-state index >= 15 is 0 Å². The molecule has 0 fully saturated rings. The Hall–Kier alpha value is -1.03. The molecule has 0 aromatic carbocycles. The smallest absolute Gasteiger partial charge is 0.342 e. The van der Waals surface area contributed by atoms with E-state index in [-0.39, 0.29) is 0 Å². The van der Waals surface area contributed by atoms with Gasteiger partial charge in [-0.25, -0.2) is 4.79 Å². The van der Waals surface area contributed by atoms with Crippen molar-refractivity contribution in [1.29, 1.82) is 0 Å². The van der Waals surface area contributed by atoms with Gasteiger partial charge in [0.25, 0.3) is 0 Å². The van der Waals surface area contributed by atoms with Crippen molar-refractivity contribution in [2.24, 2.45) is 5.73 Å². The van der Waals surface area contributed by atoms with Crippen molar-refractivity contribution >= 4 is 6.03 Å². The Balaban J connectivity index is 2.48. The molecule has 1 aliphatic heterocycles. The Morgan fingerprint density at radius 3 is 2.88 bits per heavy atom. The van der Waals surface area contributed by atoms with E-state index < -0.39 is 6.03 Å². The Labute approximate surface area is 46.5 Å². The molecule has 2 N–H and O–H groups in total. The average Bonchev–Trinajstić information content (AvgIpc) is 2.12. The van der Waals surface area contributed by atoms with Crippen LogP contribution in [0.25, 0.3) is 0 Å². The maximum Gasteiger partial charge on any atom is 0.342 e. The number of amides is 2. The lowest BCUT2D eigenvalue weighted by Gasteiger charge is -2.06. The largest absolute Gasteiger partial charge is 0.349 e. The summed E-state index contributed by atoms with van der Waals surface area (Å²) in [5.41, 5.74) is 4.81. The topological polar surface area (TPSA) is 55.6 Å². The monoisotopic (exact) mass is 114 g/mol. The van der Waals surface area contributed by atoms with Gasteiger partial charge in [-0.3, -0.25) is 4.84 Å². The van der Waals surface area contributed by atoms with E-state index in [1.54, 1.807) is 6.08 Å². The third-order valence-electron chi connectivity index (χ3n) is 0.768. The third kappa shape index (κ3) is 0.788. The highest BCUT2D eigenvalue weighted by molar-refractivity contribution is 5.72. The van der Waals surface area contributed by atoms with Crippen LogP contribution >= 0.6 is 0 Å². The summed E-state index contributed by atoms with van der Waals surface area (Å²) in [6, 6.07) is -0.584. The van der Waals surface area contributed by atoms with Crippen molar-refractivity contribution < 1.29 is 9.63 Å². The minimum absolute atomic E-state index is 0.433. The first-order valence-corrected chi connectivity index (χ1v) is 2.19. The summed E-state index contributed by atoms with van der Waals surface area (Å²) in [7, 11) is 0. The second kappa shape index (κ2) is 1.83. The van der Waals surface area contributed by atoms with E-state index in [1.165, 1.54) is 6.20 Å². The minimum atomic E-state index is -0.584. The first-order valence-electron chi connectivity index (χ1n) is 2.19. The Morgan fingerprint density at radius 1 is 1.88 bits per heavy atom. The highest BCUT2D eigenvalue weighted by Crippen LogP contribution is 1.98. The number of nitrogens with zero attached hydrogens (tertiary/aromatic N) is 1. The molecule has 0 spiro atoms. The van der Waals surface area contributed by atoms with Crippen LogP contribution in [0.4, 0.5) is 4.79 Å². The molecule has 0 aromatic rings. The van der Waals surface area contributed by atoms with Gasteiger partial charge in [0, 0.05) is 6.20 Å². The second-order valence-corrected chi connectivity index (χ2v) is 1.34. The van der Waals surface area contributed by atoms with Crippen molar-refractivity contribution in [1.82, 2.24) is 5.06 Å². The molecule has 0 aliphatic carbocycles. The molecule has 0 unspecified atom stereocenters. The second-order valence-electron chi connectivity index (χ2n) is 1.34. The van der Waals surface area contributed by atoms with Crippen LogP contribution in [0.1, 0.15) is 0 Å². The van der Waals surface area contributed by atoms with E-state index in [1.807, 2.05) is 0 Å². The number of carbonyl (C=O) groups is 1. The van der Waals surface area contributed by atoms with E-state index in [9.17, 15) is 4.79 Å². The zero-order valence-electron chi connectivity index (χ0n) is 4.20. The summed E-state index contributed by atoms with van der Waals surface area (Å²) >= 11 is 0. The Kier molecular flexibility index (Phi) is 1.17. The van der Waals surface area contributed by atoms with Crippen LogP contribution in [0.15, 0.2) is 12.3 Å². The molecule has 8 heavy (non-hydrogen) atoms. The first-order chi connectivity index (χ1) is 3.80. The molecule has 4 heteroatoms. The number of nitrogens with two attached hydrogens (primary N) is 1. The number of hydroxylamine groups is 2. The van der Waals surface area contributed by atoms with E-state index in [4.69, 9.17) is 5.73 Å². The standard InChI is InChI=1S/C4H6N2O2/c5-4(7)6-2-1-3-8-6/h1-2H,3H2,(H2,5,7). The molecule has 0 saturated heterocycles. The van der Waals surface area contributed by atoms with Gasteiger partial charge in [-0.1, -0.05) is 0 Å². The fourth-order valence-electron chi connectivity index (χ4n) is 0.442. The molecule has 1 rings (SSSR count). The van der Waals surface area contributed by atoms with Crippen molar-refractivity contribution in [2.75, 3.05) is 6.61 Å². The highest BCUT2D eigenvalue weighted by atomic mass is 16.7. The zero-order valence-corrected chi connectivity index (χ0v) is 4.20. The van der Waals surface area contributed by atoms with E-state index in [0.29, 0.717) is 6.61 Å². The lowest BCUT2D eigenvalue weighted by molar-refractivity contribution is -0.0455. The summed E-state index contributed by atoms with van der Waals surface area (Å²) in [4.78, 5) is 14.8. The van der Waals surface area contributed by atoms with Crippen LogP contribution in [-0.4, -0.2) is 17.7 Å². The molecule has 0 radical (unpaired) electrons. The molecular formula is C4H6N2O2. The third-order valence-corrected chi connectivity index (χ3v) is 0.768. The molecular weight excluding hydrogens is 108 g/mol. The van der Waals surface area contributed by atoms with E-state index in [2.05, 4.69) is 4.84 Å². The van der Waals surface area contributed by atoms with Crippen LogP contribution in [0.2, 0.25) is 0 Å². The molecule has 2 amide bonds. The quantitative estimate of drug-likeness (QED) is 0.475. The summed E-state index contributed by atoms with van der Waals surface area (Å²) in [5.74, 6) is 0. The zero-order chi connectivity index (χ0) is 5.98. The van der Waals surface area contributed by atoms with Crippen molar-refractivity contribution in [3.8, 4) is 0 Å². The van der Waals surface area contributed by atoms with Gasteiger partial charge in [-0.05, 0) is 6.08 Å². The first kappa shape index (κ1) is 5.11. The lowest BCUT2D eigenvalue weighted by atomic mass is 10.7.